The number of hydrogen-bond acceptors (Lipinski definition) is 2. The standard InChI is InChI=1S/C11H21NO2Si2/c1-15(2,3)12-9-7-8-10(12)11(13)14-16(4,5)6/h7-9H,1-6H3. The van der Waals surface area contributed by atoms with E-state index in [1.807, 2.05) is 38.0 Å². The summed E-state index contributed by atoms with van der Waals surface area (Å²) in [5.41, 5.74) is 0.696. The molecule has 0 aliphatic carbocycles. The molecule has 16 heavy (non-hydrogen) atoms. The Hall–Kier alpha value is -0.816. The van der Waals surface area contributed by atoms with Crippen LogP contribution in [0.25, 0.3) is 0 Å². The number of rotatable bonds is 3. The molecule has 0 saturated heterocycles. The minimum absolute atomic E-state index is 0.174. The van der Waals surface area contributed by atoms with Gasteiger partial charge in [0.15, 0.2) is 8.24 Å². The maximum absolute atomic E-state index is 12.0. The molecule has 0 amide bonds. The van der Waals surface area contributed by atoms with Gasteiger partial charge in [0.1, 0.15) is 5.69 Å². The van der Waals surface area contributed by atoms with Gasteiger partial charge in [0.2, 0.25) is 8.32 Å². The van der Waals surface area contributed by atoms with E-state index in [1.54, 1.807) is 0 Å². The summed E-state index contributed by atoms with van der Waals surface area (Å²) in [7, 11) is -3.34. The molecule has 0 aliphatic rings. The lowest BCUT2D eigenvalue weighted by Crippen LogP contribution is -2.36. The Morgan fingerprint density at radius 3 is 2.19 bits per heavy atom. The van der Waals surface area contributed by atoms with Crippen molar-refractivity contribution in [2.75, 3.05) is 0 Å². The molecule has 0 aliphatic heterocycles. The minimum atomic E-state index is -1.81. The highest BCUT2D eigenvalue weighted by Crippen LogP contribution is 2.15. The van der Waals surface area contributed by atoms with Gasteiger partial charge >= 0.3 is 5.97 Å². The first-order valence-corrected chi connectivity index (χ1v) is 12.4. The highest BCUT2D eigenvalue weighted by Gasteiger charge is 2.26. The maximum atomic E-state index is 12.0. The van der Waals surface area contributed by atoms with Gasteiger partial charge in [-0.15, -0.1) is 0 Å². The molecular weight excluding hydrogens is 234 g/mol. The Morgan fingerprint density at radius 1 is 1.19 bits per heavy atom. The van der Waals surface area contributed by atoms with Gasteiger partial charge in [-0.3, -0.25) is 0 Å². The van der Waals surface area contributed by atoms with Gasteiger partial charge in [-0.25, -0.2) is 4.79 Å². The van der Waals surface area contributed by atoms with Crippen LogP contribution in [-0.4, -0.2) is 26.8 Å². The molecular formula is C11H21NO2Si2. The molecule has 0 aromatic carbocycles. The van der Waals surface area contributed by atoms with Crippen molar-refractivity contribution in [2.24, 2.45) is 0 Å². The van der Waals surface area contributed by atoms with Gasteiger partial charge in [0.25, 0.3) is 0 Å². The lowest BCUT2D eigenvalue weighted by Gasteiger charge is -2.23. The van der Waals surface area contributed by atoms with Crippen LogP contribution in [0.4, 0.5) is 0 Å². The molecule has 0 bridgehead atoms. The second-order valence-electron chi connectivity index (χ2n) is 5.94. The summed E-state index contributed by atoms with van der Waals surface area (Å²) in [6.45, 7) is 12.7. The van der Waals surface area contributed by atoms with Gasteiger partial charge < -0.3 is 8.66 Å². The summed E-state index contributed by atoms with van der Waals surface area (Å²) in [5, 5.41) is 0. The van der Waals surface area contributed by atoms with Crippen molar-refractivity contribution in [3.63, 3.8) is 0 Å². The summed E-state index contributed by atoms with van der Waals surface area (Å²) in [4.78, 5) is 12.0. The molecule has 0 atom stereocenters. The zero-order valence-corrected chi connectivity index (χ0v) is 13.0. The van der Waals surface area contributed by atoms with Gasteiger partial charge in [-0.2, -0.15) is 0 Å². The highest BCUT2D eigenvalue weighted by molar-refractivity contribution is 6.75. The summed E-state index contributed by atoms with van der Waals surface area (Å²) in [6.07, 6.45) is 1.98. The fraction of sp³-hybridized carbons (Fsp3) is 0.545. The SMILES string of the molecule is C[Si](C)(C)OC(=O)c1cccn1[Si](C)(C)C. The summed E-state index contributed by atoms with van der Waals surface area (Å²) in [6, 6.07) is 3.76. The van der Waals surface area contributed by atoms with Crippen LogP contribution in [0.5, 0.6) is 0 Å². The van der Waals surface area contributed by atoms with Crippen LogP contribution in [0, 0.1) is 0 Å². The number of aromatic nitrogens is 1. The van der Waals surface area contributed by atoms with Crippen molar-refractivity contribution in [3.05, 3.63) is 24.0 Å². The van der Waals surface area contributed by atoms with Crippen LogP contribution in [0.15, 0.2) is 18.3 Å². The normalized spacial score (nSPS) is 12.6. The summed E-state index contributed by atoms with van der Waals surface area (Å²) >= 11 is 0. The Morgan fingerprint density at radius 2 is 1.75 bits per heavy atom. The van der Waals surface area contributed by atoms with E-state index in [9.17, 15) is 4.79 Å². The molecule has 3 nitrogen and oxygen atoms in total. The second-order valence-corrected chi connectivity index (χ2v) is 15.2. The first-order valence-electron chi connectivity index (χ1n) is 5.52. The van der Waals surface area contributed by atoms with Crippen molar-refractivity contribution < 1.29 is 9.22 Å². The fourth-order valence-corrected chi connectivity index (χ4v) is 3.55. The number of carbonyl (C=O) groups excluding carboxylic acids is 1. The van der Waals surface area contributed by atoms with Crippen molar-refractivity contribution in [1.29, 1.82) is 0 Å². The van der Waals surface area contributed by atoms with E-state index in [-0.39, 0.29) is 5.97 Å². The predicted octanol–water partition coefficient (Wildman–Crippen LogP) is 3.16. The third-order valence-corrected chi connectivity index (χ3v) is 4.71. The average molecular weight is 255 g/mol. The average Bonchev–Trinajstić information content (AvgIpc) is 2.45. The molecule has 0 saturated carbocycles. The van der Waals surface area contributed by atoms with Crippen LogP contribution in [-0.2, 0) is 4.43 Å². The Balaban J connectivity index is 2.98. The smallest absolute Gasteiger partial charge is 0.340 e. The fourth-order valence-electron chi connectivity index (χ4n) is 1.46. The summed E-state index contributed by atoms with van der Waals surface area (Å²) in [5.74, 6) is -0.174. The molecule has 1 aromatic heterocycles. The lowest BCUT2D eigenvalue weighted by atomic mass is 10.4. The van der Waals surface area contributed by atoms with E-state index < -0.39 is 16.6 Å². The first-order chi connectivity index (χ1) is 7.11. The van der Waals surface area contributed by atoms with Gasteiger partial charge in [0, 0.05) is 0 Å². The molecule has 0 unspecified atom stereocenters. The monoisotopic (exact) mass is 255 g/mol. The van der Waals surface area contributed by atoms with Crippen LogP contribution in [0.3, 0.4) is 0 Å². The van der Waals surface area contributed by atoms with Gasteiger partial charge in [-0.05, 0) is 38.0 Å². The third kappa shape index (κ3) is 3.35. The Labute approximate surface area is 99.6 Å². The van der Waals surface area contributed by atoms with E-state index in [4.69, 9.17) is 4.43 Å². The summed E-state index contributed by atoms with van der Waals surface area (Å²) < 4.78 is 7.61. The van der Waals surface area contributed by atoms with Crippen molar-refractivity contribution in [1.82, 2.24) is 4.23 Å². The molecule has 90 valence electrons. The Kier molecular flexibility index (Phi) is 3.49. The number of carbonyl (C=O) groups is 1. The molecule has 1 heterocycles. The zero-order chi connectivity index (χ0) is 12.6. The third-order valence-electron chi connectivity index (χ3n) is 2.08. The molecule has 5 heteroatoms. The second kappa shape index (κ2) is 4.22. The lowest BCUT2D eigenvalue weighted by molar-refractivity contribution is 0.0717. The van der Waals surface area contributed by atoms with E-state index in [2.05, 4.69) is 23.9 Å². The molecule has 0 spiro atoms. The molecule has 0 fully saturated rings. The molecule has 0 radical (unpaired) electrons. The molecule has 1 rings (SSSR count). The Bertz CT molecular complexity index is 385. The van der Waals surface area contributed by atoms with E-state index in [1.165, 1.54) is 0 Å². The quantitative estimate of drug-likeness (QED) is 0.777. The van der Waals surface area contributed by atoms with Crippen LogP contribution in [0.1, 0.15) is 10.5 Å². The van der Waals surface area contributed by atoms with Crippen molar-refractivity contribution in [2.45, 2.75) is 39.3 Å². The van der Waals surface area contributed by atoms with Crippen LogP contribution >= 0.6 is 0 Å². The predicted molar refractivity (Wildman–Crippen MR) is 71.9 cm³/mol. The maximum Gasteiger partial charge on any atom is 0.340 e. The van der Waals surface area contributed by atoms with E-state index in [0.29, 0.717) is 5.69 Å². The van der Waals surface area contributed by atoms with Crippen LogP contribution in [0.2, 0.25) is 39.3 Å². The highest BCUT2D eigenvalue weighted by atomic mass is 28.4. The van der Waals surface area contributed by atoms with Crippen LogP contribution < -0.4 is 0 Å². The number of nitrogens with zero attached hydrogens (tertiary/aromatic N) is 1. The van der Waals surface area contributed by atoms with Crippen molar-refractivity contribution in [3.8, 4) is 0 Å². The topological polar surface area (TPSA) is 31.2 Å². The number of hydrogen-bond donors (Lipinski definition) is 0. The largest absolute Gasteiger partial charge is 0.515 e. The van der Waals surface area contributed by atoms with E-state index >= 15 is 0 Å². The first kappa shape index (κ1) is 13.2. The van der Waals surface area contributed by atoms with Crippen molar-refractivity contribution >= 4 is 22.5 Å². The molecule has 1 aromatic rings. The van der Waals surface area contributed by atoms with E-state index in [0.717, 1.165) is 0 Å². The zero-order valence-electron chi connectivity index (χ0n) is 11.0. The van der Waals surface area contributed by atoms with Gasteiger partial charge in [0.05, 0.1) is 0 Å². The molecule has 0 N–H and O–H groups in total. The minimum Gasteiger partial charge on any atom is -0.515 e. The van der Waals surface area contributed by atoms with Gasteiger partial charge in [-0.1, -0.05) is 19.6 Å².